The maximum absolute atomic E-state index is 12.3. The second kappa shape index (κ2) is 4.69. The van der Waals surface area contributed by atoms with Crippen LogP contribution in [0.1, 0.15) is 31.2 Å². The number of aryl methyl sites for hydroxylation is 1. The Morgan fingerprint density at radius 2 is 1.94 bits per heavy atom. The zero-order valence-corrected chi connectivity index (χ0v) is 12.2. The molecule has 0 aliphatic heterocycles. The van der Waals surface area contributed by atoms with Crippen LogP contribution in [-0.4, -0.2) is 5.91 Å². The monoisotopic (exact) mass is 307 g/mol. The van der Waals surface area contributed by atoms with Crippen LogP contribution in [0.2, 0.25) is 0 Å². The summed E-state index contributed by atoms with van der Waals surface area (Å²) in [4.78, 5) is 12.3. The Balaban J connectivity index is 1.69. The van der Waals surface area contributed by atoms with Gasteiger partial charge >= 0.3 is 0 Å². The lowest BCUT2D eigenvalue weighted by atomic mass is 10.0. The molecule has 2 atom stereocenters. The highest BCUT2D eigenvalue weighted by Crippen LogP contribution is 2.55. The number of benzene rings is 1. The first kappa shape index (κ1) is 12.2. The average molecular weight is 308 g/mol. The topological polar surface area (TPSA) is 29.1 Å². The van der Waals surface area contributed by atoms with Crippen LogP contribution in [0.4, 0.5) is 5.69 Å². The number of carbonyl (C=O) groups excluding carboxylic acids is 1. The van der Waals surface area contributed by atoms with Gasteiger partial charge in [-0.25, -0.2) is 0 Å². The maximum Gasteiger partial charge on any atom is 0.228 e. The predicted octanol–water partition coefficient (Wildman–Crippen LogP) is 4.13. The third-order valence-electron chi connectivity index (χ3n) is 4.42. The molecule has 0 spiro atoms. The van der Waals surface area contributed by atoms with Gasteiger partial charge in [-0.1, -0.05) is 34.8 Å². The Morgan fingerprint density at radius 3 is 2.61 bits per heavy atom. The van der Waals surface area contributed by atoms with Crippen molar-refractivity contribution < 1.29 is 4.79 Å². The molecule has 2 saturated carbocycles. The van der Waals surface area contributed by atoms with E-state index in [0.29, 0.717) is 11.8 Å². The van der Waals surface area contributed by atoms with Crippen LogP contribution in [-0.2, 0) is 4.79 Å². The first-order chi connectivity index (χ1) is 8.66. The summed E-state index contributed by atoms with van der Waals surface area (Å²) in [6.45, 7) is 2.03. The molecule has 0 aromatic heterocycles. The predicted molar refractivity (Wildman–Crippen MR) is 76.4 cm³/mol. The van der Waals surface area contributed by atoms with Crippen LogP contribution in [0.3, 0.4) is 0 Å². The van der Waals surface area contributed by atoms with Crippen molar-refractivity contribution in [3.8, 4) is 0 Å². The van der Waals surface area contributed by atoms with E-state index in [0.717, 1.165) is 15.7 Å². The summed E-state index contributed by atoms with van der Waals surface area (Å²) >= 11 is 3.45. The smallest absolute Gasteiger partial charge is 0.228 e. The second-order valence-corrected chi connectivity index (χ2v) is 6.50. The van der Waals surface area contributed by atoms with Gasteiger partial charge in [-0.05, 0) is 49.3 Å². The molecular weight excluding hydrogens is 290 g/mol. The second-order valence-electron chi connectivity index (χ2n) is 5.59. The Bertz CT molecular complexity index is 473. The number of hydrogen-bond acceptors (Lipinski definition) is 1. The van der Waals surface area contributed by atoms with Crippen molar-refractivity contribution in [3.63, 3.8) is 0 Å². The number of anilines is 1. The average Bonchev–Trinajstić information content (AvgIpc) is 3.08. The van der Waals surface area contributed by atoms with Gasteiger partial charge in [0, 0.05) is 16.1 Å². The van der Waals surface area contributed by atoms with Gasteiger partial charge in [0.1, 0.15) is 0 Å². The van der Waals surface area contributed by atoms with E-state index >= 15 is 0 Å². The lowest BCUT2D eigenvalue weighted by molar-refractivity contribution is -0.117. The van der Waals surface area contributed by atoms with Crippen LogP contribution in [0.25, 0.3) is 0 Å². The molecule has 2 unspecified atom stereocenters. The molecule has 0 heterocycles. The van der Waals surface area contributed by atoms with Gasteiger partial charge < -0.3 is 5.32 Å². The molecule has 18 heavy (non-hydrogen) atoms. The summed E-state index contributed by atoms with van der Waals surface area (Å²) in [6, 6.07) is 6.01. The highest BCUT2D eigenvalue weighted by atomic mass is 79.9. The Hall–Kier alpha value is -0.830. The highest BCUT2D eigenvalue weighted by molar-refractivity contribution is 9.10. The van der Waals surface area contributed by atoms with Gasteiger partial charge in [0.25, 0.3) is 0 Å². The van der Waals surface area contributed by atoms with Crippen LogP contribution in [0.5, 0.6) is 0 Å². The van der Waals surface area contributed by atoms with Gasteiger partial charge in [0.05, 0.1) is 0 Å². The van der Waals surface area contributed by atoms with Gasteiger partial charge in [-0.2, -0.15) is 0 Å². The van der Waals surface area contributed by atoms with Crippen LogP contribution >= 0.6 is 15.9 Å². The van der Waals surface area contributed by atoms with E-state index in [2.05, 4.69) is 21.2 Å². The van der Waals surface area contributed by atoms with E-state index in [1.165, 1.54) is 25.7 Å². The minimum Gasteiger partial charge on any atom is -0.326 e. The van der Waals surface area contributed by atoms with E-state index in [1.54, 1.807) is 0 Å². The Labute approximate surface area is 116 Å². The zero-order valence-electron chi connectivity index (χ0n) is 10.6. The van der Waals surface area contributed by atoms with Crippen LogP contribution in [0, 0.1) is 24.7 Å². The maximum atomic E-state index is 12.3. The minimum atomic E-state index is 0.230. The van der Waals surface area contributed by atoms with Crippen molar-refractivity contribution in [2.24, 2.45) is 17.8 Å². The fourth-order valence-electron chi connectivity index (χ4n) is 3.33. The number of amides is 1. The molecule has 2 fully saturated rings. The largest absolute Gasteiger partial charge is 0.326 e. The third kappa shape index (κ3) is 2.20. The molecule has 0 saturated heterocycles. The zero-order chi connectivity index (χ0) is 12.7. The molecular formula is C15H18BrNO. The number of fused-ring (bicyclic) bond motifs is 1. The molecule has 1 N–H and O–H groups in total. The number of rotatable bonds is 2. The van der Waals surface area contributed by atoms with E-state index in [1.807, 2.05) is 25.1 Å². The lowest BCUT2D eigenvalue weighted by Crippen LogP contribution is -2.16. The molecule has 2 nitrogen and oxygen atoms in total. The number of hydrogen-bond donors (Lipinski definition) is 1. The van der Waals surface area contributed by atoms with Gasteiger partial charge in [-0.3, -0.25) is 4.79 Å². The minimum absolute atomic E-state index is 0.230. The third-order valence-corrected chi connectivity index (χ3v) is 4.91. The lowest BCUT2D eigenvalue weighted by Gasteiger charge is -2.08. The van der Waals surface area contributed by atoms with Crippen LogP contribution in [0.15, 0.2) is 22.7 Å². The number of nitrogens with one attached hydrogen (secondary N) is 1. The molecule has 1 aromatic carbocycles. The van der Waals surface area contributed by atoms with Crippen LogP contribution < -0.4 is 5.32 Å². The van der Waals surface area contributed by atoms with E-state index < -0.39 is 0 Å². The summed E-state index contributed by atoms with van der Waals surface area (Å²) in [7, 11) is 0. The van der Waals surface area contributed by atoms with E-state index in [-0.39, 0.29) is 11.8 Å². The molecule has 2 aliphatic rings. The molecule has 3 rings (SSSR count). The van der Waals surface area contributed by atoms with Gasteiger partial charge in [0.15, 0.2) is 0 Å². The summed E-state index contributed by atoms with van der Waals surface area (Å²) in [5, 5.41) is 3.10. The SMILES string of the molecule is Cc1ccc(Br)cc1NC(=O)C1C2CCCCC21. The van der Waals surface area contributed by atoms with Crippen molar-refractivity contribution in [1.82, 2.24) is 0 Å². The molecule has 96 valence electrons. The molecule has 3 heteroatoms. The molecule has 1 amide bonds. The Kier molecular flexibility index (Phi) is 3.18. The molecule has 2 aliphatic carbocycles. The fraction of sp³-hybridized carbons (Fsp3) is 0.533. The van der Waals surface area contributed by atoms with Gasteiger partial charge in [-0.15, -0.1) is 0 Å². The van der Waals surface area contributed by atoms with E-state index in [9.17, 15) is 4.79 Å². The van der Waals surface area contributed by atoms with Crippen molar-refractivity contribution in [2.75, 3.05) is 5.32 Å². The van der Waals surface area contributed by atoms with Crippen molar-refractivity contribution in [2.45, 2.75) is 32.6 Å². The quantitative estimate of drug-likeness (QED) is 0.874. The fourth-order valence-corrected chi connectivity index (χ4v) is 3.69. The van der Waals surface area contributed by atoms with Crippen molar-refractivity contribution >= 4 is 27.5 Å². The summed E-state index contributed by atoms with van der Waals surface area (Å²) in [5.41, 5.74) is 2.06. The number of carbonyl (C=O) groups is 1. The summed E-state index contributed by atoms with van der Waals surface area (Å²) in [5.74, 6) is 1.86. The molecule has 0 bridgehead atoms. The van der Waals surface area contributed by atoms with E-state index in [4.69, 9.17) is 0 Å². The Morgan fingerprint density at radius 1 is 1.28 bits per heavy atom. The highest BCUT2D eigenvalue weighted by Gasteiger charge is 2.54. The van der Waals surface area contributed by atoms with Crippen molar-refractivity contribution in [1.29, 1.82) is 0 Å². The van der Waals surface area contributed by atoms with Gasteiger partial charge in [0.2, 0.25) is 5.91 Å². The van der Waals surface area contributed by atoms with Crippen molar-refractivity contribution in [3.05, 3.63) is 28.2 Å². The standard InChI is InChI=1S/C15H18BrNO/c1-9-6-7-10(16)8-13(9)17-15(18)14-11-4-2-3-5-12(11)14/h6-8,11-12,14H,2-5H2,1H3,(H,17,18). The molecule has 0 radical (unpaired) electrons. The number of halogens is 1. The summed E-state index contributed by atoms with van der Waals surface area (Å²) < 4.78 is 1.01. The summed E-state index contributed by atoms with van der Waals surface area (Å²) in [6.07, 6.45) is 5.11. The first-order valence-electron chi connectivity index (χ1n) is 6.74. The normalized spacial score (nSPS) is 29.6. The first-order valence-corrected chi connectivity index (χ1v) is 7.53. The molecule has 1 aromatic rings.